The third-order valence-electron chi connectivity index (χ3n) is 13.4. The lowest BCUT2D eigenvalue weighted by Gasteiger charge is -2.12. The van der Waals surface area contributed by atoms with Gasteiger partial charge in [-0.15, -0.1) is 0 Å². The van der Waals surface area contributed by atoms with Gasteiger partial charge in [-0.3, -0.25) is 4.40 Å². The molecule has 270 valence electrons. The van der Waals surface area contributed by atoms with Crippen molar-refractivity contribution in [3.8, 4) is 16.8 Å². The molecule has 0 unspecified atom stereocenters. The van der Waals surface area contributed by atoms with Gasteiger partial charge in [0.05, 0.1) is 44.1 Å². The van der Waals surface area contributed by atoms with E-state index in [2.05, 4.69) is 195 Å². The highest BCUT2D eigenvalue weighted by Gasteiger charge is 2.26. The number of rotatable bonds is 2. The van der Waals surface area contributed by atoms with Gasteiger partial charge in [0.2, 0.25) is 0 Å². The van der Waals surface area contributed by atoms with Gasteiger partial charge in [-0.25, -0.2) is 4.98 Å². The van der Waals surface area contributed by atoms with Gasteiger partial charge in [-0.2, -0.15) is 0 Å². The molecule has 4 heteroatoms. The van der Waals surface area contributed by atoms with Crippen molar-refractivity contribution in [1.29, 1.82) is 0 Å². The molecule has 0 saturated heterocycles. The van der Waals surface area contributed by atoms with E-state index in [1.807, 2.05) is 0 Å². The maximum absolute atomic E-state index is 5.72. The molecule has 15 aromatic rings. The molecular weight excluding hydrogens is 717 g/mol. The minimum absolute atomic E-state index is 1.01. The summed E-state index contributed by atoms with van der Waals surface area (Å²) in [5, 5.41) is 16.2. The molecule has 9 aromatic carbocycles. The van der Waals surface area contributed by atoms with Crippen LogP contribution in [0.3, 0.4) is 0 Å². The van der Waals surface area contributed by atoms with Gasteiger partial charge in [-0.05, 0) is 81.7 Å². The molecule has 0 spiro atoms. The number of fused-ring (bicyclic) bond motifs is 18. The lowest BCUT2D eigenvalue weighted by Crippen LogP contribution is -1.93. The van der Waals surface area contributed by atoms with E-state index in [9.17, 15) is 0 Å². The van der Waals surface area contributed by atoms with Crippen molar-refractivity contribution in [2.75, 3.05) is 0 Å². The third-order valence-corrected chi connectivity index (χ3v) is 13.4. The van der Waals surface area contributed by atoms with E-state index >= 15 is 0 Å². The van der Waals surface area contributed by atoms with E-state index in [4.69, 9.17) is 4.98 Å². The van der Waals surface area contributed by atoms with Crippen LogP contribution in [0.25, 0.3) is 137 Å². The van der Waals surface area contributed by atoms with Gasteiger partial charge in [0.15, 0.2) is 0 Å². The molecule has 0 saturated carbocycles. The second-order valence-corrected chi connectivity index (χ2v) is 16.3. The first-order chi connectivity index (χ1) is 29.3. The Balaban J connectivity index is 1.12. The minimum atomic E-state index is 1.01. The maximum Gasteiger partial charge on any atom is 0.146 e. The summed E-state index contributed by atoms with van der Waals surface area (Å²) in [6.07, 6.45) is 0. The molecule has 15 rings (SSSR count). The smallest absolute Gasteiger partial charge is 0.146 e. The van der Waals surface area contributed by atoms with Crippen LogP contribution in [0.1, 0.15) is 0 Å². The van der Waals surface area contributed by atoms with E-state index in [1.165, 1.54) is 114 Å². The van der Waals surface area contributed by atoms with E-state index in [-0.39, 0.29) is 0 Å². The lowest BCUT2D eigenvalue weighted by molar-refractivity contribution is 1.18. The van der Waals surface area contributed by atoms with Gasteiger partial charge in [-0.1, -0.05) is 127 Å². The van der Waals surface area contributed by atoms with Crippen LogP contribution in [0.15, 0.2) is 182 Å². The van der Waals surface area contributed by atoms with Crippen molar-refractivity contribution >= 4 is 120 Å². The second kappa shape index (κ2) is 10.5. The second-order valence-electron chi connectivity index (χ2n) is 16.3. The summed E-state index contributed by atoms with van der Waals surface area (Å²) in [4.78, 5) is 5.72. The average Bonchev–Trinajstić information content (AvgIpc) is 4.08. The summed E-state index contributed by atoms with van der Waals surface area (Å²) in [7, 11) is 0. The predicted octanol–water partition coefficient (Wildman–Crippen LogP) is 14.5. The molecule has 0 aliphatic heterocycles. The van der Waals surface area contributed by atoms with Crippen molar-refractivity contribution in [3.63, 3.8) is 0 Å². The molecule has 4 nitrogen and oxygen atoms in total. The maximum atomic E-state index is 5.72. The van der Waals surface area contributed by atoms with Crippen LogP contribution in [0.4, 0.5) is 0 Å². The number of nitrogens with zero attached hydrogens (tertiary/aromatic N) is 4. The molecule has 0 N–H and O–H groups in total. The van der Waals surface area contributed by atoms with Crippen molar-refractivity contribution in [1.82, 2.24) is 18.4 Å². The molecule has 0 atom stereocenters. The van der Waals surface area contributed by atoms with Crippen molar-refractivity contribution < 1.29 is 0 Å². The predicted molar refractivity (Wildman–Crippen MR) is 248 cm³/mol. The summed E-state index contributed by atoms with van der Waals surface area (Å²) in [6.45, 7) is 0. The van der Waals surface area contributed by atoms with Crippen LogP contribution in [0.2, 0.25) is 0 Å². The van der Waals surface area contributed by atoms with Gasteiger partial charge in [0.25, 0.3) is 0 Å². The SMILES string of the molecule is c1ccc(-n2c3ccccc3c3cc(-c4c5ccccc5cc5c6cccc7c8nc9c(cc8n(c45)c67)c4cc5ccccc5c5c6ccccc6n9c45)ccc32)cc1. The van der Waals surface area contributed by atoms with Crippen LogP contribution in [0, 0.1) is 0 Å². The number of benzene rings is 9. The van der Waals surface area contributed by atoms with E-state index in [1.54, 1.807) is 0 Å². The fraction of sp³-hybridized carbons (Fsp3) is 0. The standard InChI is InChI=1S/C55H30N4/c1-2-15-34(16-3-1)57-45-23-10-8-19-37(45)41-29-33(25-26-47(41)57)49-35-17-6-4-13-31(35)27-42-38-21-12-22-40-51-48(58(52(38)40)53(42)49)30-44-43-28-32-14-5-7-18-36(32)50-39-20-9-11-24-46(39)59(54(43)50)55(44)56-51/h1-30H. The summed E-state index contributed by atoms with van der Waals surface area (Å²) in [6, 6.07) is 67.2. The Hall–Kier alpha value is -7.95. The zero-order chi connectivity index (χ0) is 38.1. The van der Waals surface area contributed by atoms with Crippen LogP contribution >= 0.6 is 0 Å². The zero-order valence-electron chi connectivity index (χ0n) is 31.6. The van der Waals surface area contributed by atoms with Gasteiger partial charge < -0.3 is 8.97 Å². The quantitative estimate of drug-likeness (QED) is 0.173. The Labute approximate surface area is 335 Å². The molecule has 6 heterocycles. The van der Waals surface area contributed by atoms with E-state index in [0.29, 0.717) is 0 Å². The molecule has 0 radical (unpaired) electrons. The highest BCUT2D eigenvalue weighted by atomic mass is 15.0. The normalized spacial score (nSPS) is 12.7. The Bertz CT molecular complexity index is 4300. The summed E-state index contributed by atoms with van der Waals surface area (Å²) in [5.41, 5.74) is 14.1. The van der Waals surface area contributed by atoms with Crippen molar-refractivity contribution in [3.05, 3.63) is 182 Å². The first-order valence-electron chi connectivity index (χ1n) is 20.4. The molecule has 0 bridgehead atoms. The Morgan fingerprint density at radius 2 is 0.983 bits per heavy atom. The van der Waals surface area contributed by atoms with Gasteiger partial charge >= 0.3 is 0 Å². The fourth-order valence-corrected chi connectivity index (χ4v) is 11.1. The van der Waals surface area contributed by atoms with Crippen molar-refractivity contribution in [2.45, 2.75) is 0 Å². The molecule has 6 aromatic heterocycles. The summed E-state index contributed by atoms with van der Waals surface area (Å²) >= 11 is 0. The highest BCUT2D eigenvalue weighted by Crippen LogP contribution is 2.48. The molecule has 59 heavy (non-hydrogen) atoms. The molecule has 0 amide bonds. The van der Waals surface area contributed by atoms with Gasteiger partial charge in [0.1, 0.15) is 5.65 Å². The molecule has 0 fully saturated rings. The molecule has 0 aliphatic carbocycles. The Morgan fingerprint density at radius 3 is 1.83 bits per heavy atom. The summed E-state index contributed by atoms with van der Waals surface area (Å²) in [5.74, 6) is 0. The Kier molecular flexibility index (Phi) is 5.38. The number of hydrogen-bond donors (Lipinski definition) is 0. The number of pyridine rings is 1. The molecule has 0 aliphatic rings. The largest absolute Gasteiger partial charge is 0.309 e. The average molecular weight is 747 g/mol. The minimum Gasteiger partial charge on any atom is -0.309 e. The third kappa shape index (κ3) is 3.60. The van der Waals surface area contributed by atoms with Crippen molar-refractivity contribution in [2.24, 2.45) is 0 Å². The van der Waals surface area contributed by atoms with E-state index < -0.39 is 0 Å². The molecular formula is C55H30N4. The lowest BCUT2D eigenvalue weighted by atomic mass is 9.93. The van der Waals surface area contributed by atoms with E-state index in [0.717, 1.165) is 22.4 Å². The zero-order valence-corrected chi connectivity index (χ0v) is 31.6. The van der Waals surface area contributed by atoms with Gasteiger partial charge in [0, 0.05) is 59.7 Å². The van der Waals surface area contributed by atoms with Crippen LogP contribution in [-0.4, -0.2) is 18.4 Å². The number of aromatic nitrogens is 4. The number of hydrogen-bond acceptors (Lipinski definition) is 1. The van der Waals surface area contributed by atoms with Crippen LogP contribution in [0.5, 0.6) is 0 Å². The summed E-state index contributed by atoms with van der Waals surface area (Å²) < 4.78 is 7.37. The van der Waals surface area contributed by atoms with Crippen LogP contribution < -0.4 is 0 Å². The first-order valence-corrected chi connectivity index (χ1v) is 20.4. The Morgan fingerprint density at radius 1 is 0.339 bits per heavy atom. The first kappa shape index (κ1) is 30.2. The fourth-order valence-electron chi connectivity index (χ4n) is 11.1. The monoisotopic (exact) mass is 746 g/mol. The highest BCUT2D eigenvalue weighted by molar-refractivity contribution is 6.33. The number of para-hydroxylation sites is 4. The van der Waals surface area contributed by atoms with Crippen LogP contribution in [-0.2, 0) is 0 Å². The topological polar surface area (TPSA) is 26.6 Å².